The molecule has 0 bridgehead atoms. The smallest absolute Gasteiger partial charge is 0.111 e. The van der Waals surface area contributed by atoms with Gasteiger partial charge >= 0.3 is 0 Å². The Morgan fingerprint density at radius 3 is 2.90 bits per heavy atom. The number of pyridine rings is 2. The molecule has 0 saturated heterocycles. The summed E-state index contributed by atoms with van der Waals surface area (Å²) in [5, 5.41) is 19.4. The summed E-state index contributed by atoms with van der Waals surface area (Å²) in [5.74, 6) is 0. The molecule has 0 unspecified atom stereocenters. The van der Waals surface area contributed by atoms with Crippen molar-refractivity contribution in [3.8, 4) is 28.7 Å². The molecule has 0 radical (unpaired) electrons. The second kappa shape index (κ2) is 7.04. The van der Waals surface area contributed by atoms with Crippen molar-refractivity contribution in [1.29, 1.82) is 5.26 Å². The van der Waals surface area contributed by atoms with Crippen LogP contribution in [0.15, 0.2) is 49.1 Å². The Morgan fingerprint density at radius 2 is 2.17 bits per heavy atom. The summed E-state index contributed by atoms with van der Waals surface area (Å²) in [7, 11) is 3.59. The SMILES string of the molecule is CO[C@H]1C[C@@](CC#N)(n2ccc(-c3nc(-c4cnn(C)c4)cc4ncccc34)n2)C1. The normalized spacial score (nSPS) is 20.8. The van der Waals surface area contributed by atoms with Crippen molar-refractivity contribution in [2.75, 3.05) is 7.11 Å². The number of rotatable bonds is 5. The van der Waals surface area contributed by atoms with Gasteiger partial charge in [-0.1, -0.05) is 0 Å². The second-order valence-corrected chi connectivity index (χ2v) is 7.80. The zero-order valence-electron chi connectivity index (χ0n) is 16.9. The van der Waals surface area contributed by atoms with Crippen LogP contribution in [0, 0.1) is 11.3 Å². The standard InChI is InChI=1S/C22H21N7O/c1-28-14-15(13-25-28)19-10-20-17(4-3-8-24-20)21(26-19)18-5-9-29(27-18)22(6-7-23)11-16(12-22)30-2/h3-5,8-10,13-14,16H,6,11-12H2,1-2H3/t16-,22+. The van der Waals surface area contributed by atoms with Gasteiger partial charge < -0.3 is 4.74 Å². The summed E-state index contributed by atoms with van der Waals surface area (Å²) >= 11 is 0. The Kier molecular flexibility index (Phi) is 4.33. The quantitative estimate of drug-likeness (QED) is 0.511. The molecule has 0 aliphatic heterocycles. The Labute approximate surface area is 173 Å². The number of fused-ring (bicyclic) bond motifs is 1. The summed E-state index contributed by atoms with van der Waals surface area (Å²) in [6.07, 6.45) is 9.58. The highest BCUT2D eigenvalue weighted by atomic mass is 16.5. The molecule has 0 amide bonds. The third-order valence-electron chi connectivity index (χ3n) is 5.87. The summed E-state index contributed by atoms with van der Waals surface area (Å²) < 4.78 is 9.12. The molecular formula is C22H21N7O. The molecule has 0 N–H and O–H groups in total. The third kappa shape index (κ3) is 2.95. The molecule has 0 aromatic carbocycles. The van der Waals surface area contributed by atoms with Crippen LogP contribution in [-0.2, 0) is 17.3 Å². The van der Waals surface area contributed by atoms with E-state index in [1.807, 2.05) is 48.4 Å². The maximum Gasteiger partial charge on any atom is 0.111 e. The van der Waals surface area contributed by atoms with E-state index in [1.54, 1.807) is 24.2 Å². The lowest BCUT2D eigenvalue weighted by Crippen LogP contribution is -2.50. The van der Waals surface area contributed by atoms with Gasteiger partial charge in [0.1, 0.15) is 11.4 Å². The zero-order valence-corrected chi connectivity index (χ0v) is 16.9. The largest absolute Gasteiger partial charge is 0.381 e. The molecule has 4 aromatic rings. The molecule has 4 heterocycles. The van der Waals surface area contributed by atoms with Crippen molar-refractivity contribution in [2.45, 2.75) is 30.9 Å². The highest BCUT2D eigenvalue weighted by molar-refractivity contribution is 5.93. The first-order valence-corrected chi connectivity index (χ1v) is 9.83. The van der Waals surface area contributed by atoms with Gasteiger partial charge in [-0.25, -0.2) is 4.98 Å². The van der Waals surface area contributed by atoms with Crippen molar-refractivity contribution >= 4 is 10.9 Å². The van der Waals surface area contributed by atoms with Crippen LogP contribution >= 0.6 is 0 Å². The highest BCUT2D eigenvalue weighted by Gasteiger charge is 2.47. The molecule has 8 heteroatoms. The number of hydrogen-bond donors (Lipinski definition) is 0. The summed E-state index contributed by atoms with van der Waals surface area (Å²) in [5.41, 5.74) is 3.79. The van der Waals surface area contributed by atoms with Gasteiger partial charge in [0.05, 0.1) is 41.5 Å². The Hall–Kier alpha value is -3.57. The molecule has 4 aromatic heterocycles. The van der Waals surface area contributed by atoms with Crippen LogP contribution in [-0.4, -0.2) is 42.7 Å². The molecule has 1 aliphatic carbocycles. The van der Waals surface area contributed by atoms with Crippen molar-refractivity contribution in [1.82, 2.24) is 29.5 Å². The van der Waals surface area contributed by atoms with Gasteiger partial charge in [-0.3, -0.25) is 14.3 Å². The number of aromatic nitrogens is 6. The Morgan fingerprint density at radius 1 is 1.30 bits per heavy atom. The highest BCUT2D eigenvalue weighted by Crippen LogP contribution is 2.43. The van der Waals surface area contributed by atoms with Gasteiger partial charge in [0, 0.05) is 43.7 Å². The molecule has 1 aliphatic rings. The van der Waals surface area contributed by atoms with Crippen LogP contribution in [0.2, 0.25) is 0 Å². The van der Waals surface area contributed by atoms with Gasteiger partial charge in [-0.2, -0.15) is 15.5 Å². The van der Waals surface area contributed by atoms with E-state index in [-0.39, 0.29) is 11.6 Å². The number of hydrogen-bond acceptors (Lipinski definition) is 6. The summed E-state index contributed by atoms with van der Waals surface area (Å²) in [6, 6.07) is 10.2. The fourth-order valence-electron chi connectivity index (χ4n) is 4.20. The molecule has 8 nitrogen and oxygen atoms in total. The van der Waals surface area contributed by atoms with Gasteiger partial charge in [-0.05, 0) is 37.1 Å². The fourth-order valence-corrected chi connectivity index (χ4v) is 4.20. The average molecular weight is 399 g/mol. The number of aryl methyl sites for hydroxylation is 1. The number of nitriles is 1. The summed E-state index contributed by atoms with van der Waals surface area (Å²) in [4.78, 5) is 9.44. The maximum absolute atomic E-state index is 9.36. The van der Waals surface area contributed by atoms with Crippen LogP contribution in [0.1, 0.15) is 19.3 Å². The number of ether oxygens (including phenoxy) is 1. The first-order chi connectivity index (χ1) is 14.6. The molecule has 30 heavy (non-hydrogen) atoms. The maximum atomic E-state index is 9.36. The first-order valence-electron chi connectivity index (χ1n) is 9.83. The van der Waals surface area contributed by atoms with Crippen molar-refractivity contribution in [3.05, 3.63) is 49.1 Å². The lowest BCUT2D eigenvalue weighted by atomic mass is 9.72. The minimum atomic E-state index is -0.317. The van der Waals surface area contributed by atoms with Crippen LogP contribution in [0.25, 0.3) is 33.5 Å². The monoisotopic (exact) mass is 399 g/mol. The molecule has 150 valence electrons. The predicted octanol–water partition coefficient (Wildman–Crippen LogP) is 3.31. The van der Waals surface area contributed by atoms with E-state index in [2.05, 4.69) is 16.2 Å². The topological polar surface area (TPSA) is 94.4 Å². The summed E-state index contributed by atoms with van der Waals surface area (Å²) in [6.45, 7) is 0. The van der Waals surface area contributed by atoms with Crippen molar-refractivity contribution in [2.24, 2.45) is 7.05 Å². The molecular weight excluding hydrogens is 378 g/mol. The predicted molar refractivity (Wildman–Crippen MR) is 111 cm³/mol. The molecule has 0 atom stereocenters. The van der Waals surface area contributed by atoms with Gasteiger partial charge in [0.2, 0.25) is 0 Å². The van der Waals surface area contributed by atoms with E-state index in [9.17, 15) is 5.26 Å². The minimum Gasteiger partial charge on any atom is -0.381 e. The van der Waals surface area contributed by atoms with Crippen LogP contribution < -0.4 is 0 Å². The number of nitrogens with zero attached hydrogens (tertiary/aromatic N) is 7. The van der Waals surface area contributed by atoms with Crippen LogP contribution in [0.5, 0.6) is 0 Å². The lowest BCUT2D eigenvalue weighted by molar-refractivity contribution is -0.0541. The molecule has 1 saturated carbocycles. The second-order valence-electron chi connectivity index (χ2n) is 7.80. The Bertz CT molecular complexity index is 1260. The zero-order chi connectivity index (χ0) is 20.7. The van der Waals surface area contributed by atoms with Gasteiger partial charge in [-0.15, -0.1) is 0 Å². The minimum absolute atomic E-state index is 0.170. The lowest BCUT2D eigenvalue weighted by Gasteiger charge is -2.45. The van der Waals surface area contributed by atoms with E-state index in [0.29, 0.717) is 6.42 Å². The van der Waals surface area contributed by atoms with Gasteiger partial charge in [0.25, 0.3) is 0 Å². The van der Waals surface area contributed by atoms with E-state index in [1.165, 1.54) is 0 Å². The van der Waals surface area contributed by atoms with Crippen LogP contribution in [0.4, 0.5) is 0 Å². The van der Waals surface area contributed by atoms with Crippen molar-refractivity contribution < 1.29 is 4.74 Å². The fraction of sp³-hybridized carbons (Fsp3) is 0.318. The third-order valence-corrected chi connectivity index (χ3v) is 5.87. The van der Waals surface area contributed by atoms with Crippen molar-refractivity contribution in [3.63, 3.8) is 0 Å². The first kappa shape index (κ1) is 18.5. The molecule has 5 rings (SSSR count). The van der Waals surface area contributed by atoms with Crippen LogP contribution in [0.3, 0.4) is 0 Å². The molecule has 1 fully saturated rings. The average Bonchev–Trinajstić information content (AvgIpc) is 3.39. The van der Waals surface area contributed by atoms with Gasteiger partial charge in [0.15, 0.2) is 0 Å². The number of methoxy groups -OCH3 is 1. The van der Waals surface area contributed by atoms with E-state index in [4.69, 9.17) is 14.8 Å². The molecule has 0 spiro atoms. The van der Waals surface area contributed by atoms with E-state index >= 15 is 0 Å². The Balaban J connectivity index is 1.61. The van der Waals surface area contributed by atoms with E-state index < -0.39 is 0 Å². The van der Waals surface area contributed by atoms with E-state index in [0.717, 1.165) is 46.4 Å².